The number of aryl methyl sites for hydroxylation is 1. The number of aliphatic hydroxyl groups excluding tert-OH is 1. The van der Waals surface area contributed by atoms with Crippen molar-refractivity contribution in [3.8, 4) is 11.5 Å². The molecule has 5 nitrogen and oxygen atoms in total. The van der Waals surface area contributed by atoms with E-state index in [1.54, 1.807) is 0 Å². The fraction of sp³-hybridized carbons (Fsp3) is 0.556. The summed E-state index contributed by atoms with van der Waals surface area (Å²) in [5, 5.41) is 10.2. The molecule has 0 amide bonds. The summed E-state index contributed by atoms with van der Waals surface area (Å²) in [5.41, 5.74) is 2.77. The highest BCUT2D eigenvalue weighted by atomic mass is 16.7. The summed E-state index contributed by atoms with van der Waals surface area (Å²) in [7, 11) is 0. The van der Waals surface area contributed by atoms with Gasteiger partial charge in [-0.2, -0.15) is 0 Å². The maximum absolute atomic E-state index is 10.2. The van der Waals surface area contributed by atoms with E-state index in [9.17, 15) is 5.11 Å². The van der Waals surface area contributed by atoms with Crippen molar-refractivity contribution in [2.24, 2.45) is 5.41 Å². The van der Waals surface area contributed by atoms with Gasteiger partial charge in [0.15, 0.2) is 11.5 Å². The molecular formula is C27H36N2O3. The van der Waals surface area contributed by atoms with E-state index in [-0.39, 0.29) is 5.41 Å². The number of fused-ring (bicyclic) bond motifs is 1. The first-order valence-electron chi connectivity index (χ1n) is 12.3. The van der Waals surface area contributed by atoms with Crippen molar-refractivity contribution in [2.75, 3.05) is 44.5 Å². The van der Waals surface area contributed by atoms with Crippen LogP contribution in [0, 0.1) is 5.41 Å². The number of rotatable bonds is 7. The van der Waals surface area contributed by atoms with Gasteiger partial charge in [-0.05, 0) is 81.1 Å². The molecule has 2 saturated heterocycles. The summed E-state index contributed by atoms with van der Waals surface area (Å²) < 4.78 is 11.0. The van der Waals surface area contributed by atoms with E-state index < -0.39 is 0 Å². The van der Waals surface area contributed by atoms with E-state index in [0.717, 1.165) is 63.4 Å². The number of anilines is 1. The van der Waals surface area contributed by atoms with Crippen molar-refractivity contribution in [3.63, 3.8) is 0 Å². The smallest absolute Gasteiger partial charge is 0.231 e. The standard InChI is InChI=1S/C27H36N2O3/c30-20-27(12-4-7-22-5-2-1-3-6-22)13-17-29(18-14-27)23-10-15-28(16-11-23)24-8-9-25-26(19-24)32-21-31-25/h1-3,5-6,8-9,19,23,30H,4,7,10-18,20-21H2. The Morgan fingerprint density at radius 3 is 2.41 bits per heavy atom. The lowest BCUT2D eigenvalue weighted by Crippen LogP contribution is -2.50. The van der Waals surface area contributed by atoms with E-state index in [0.29, 0.717) is 19.4 Å². The number of piperidine rings is 2. The highest BCUT2D eigenvalue weighted by Crippen LogP contribution is 2.39. The zero-order chi connectivity index (χ0) is 21.8. The van der Waals surface area contributed by atoms with Crippen LogP contribution in [0.5, 0.6) is 11.5 Å². The van der Waals surface area contributed by atoms with Gasteiger partial charge in [0.25, 0.3) is 0 Å². The summed E-state index contributed by atoms with van der Waals surface area (Å²) >= 11 is 0. The quantitative estimate of drug-likeness (QED) is 0.693. The first kappa shape index (κ1) is 21.6. The molecule has 0 aromatic heterocycles. The van der Waals surface area contributed by atoms with Crippen LogP contribution >= 0.6 is 0 Å². The first-order chi connectivity index (χ1) is 15.7. The lowest BCUT2D eigenvalue weighted by molar-refractivity contribution is 0.0157. The van der Waals surface area contributed by atoms with Gasteiger partial charge < -0.3 is 24.4 Å². The van der Waals surface area contributed by atoms with Gasteiger partial charge in [-0.1, -0.05) is 30.3 Å². The molecule has 172 valence electrons. The highest BCUT2D eigenvalue weighted by molar-refractivity contribution is 5.57. The Bertz CT molecular complexity index is 872. The Morgan fingerprint density at radius 2 is 1.66 bits per heavy atom. The molecule has 0 atom stereocenters. The Morgan fingerprint density at radius 1 is 0.906 bits per heavy atom. The van der Waals surface area contributed by atoms with Crippen molar-refractivity contribution in [1.29, 1.82) is 0 Å². The lowest BCUT2D eigenvalue weighted by Gasteiger charge is -2.46. The number of ether oxygens (including phenoxy) is 2. The average molecular weight is 437 g/mol. The number of nitrogens with zero attached hydrogens (tertiary/aromatic N) is 2. The second kappa shape index (κ2) is 9.72. The fourth-order valence-electron chi connectivity index (χ4n) is 5.73. The Balaban J connectivity index is 1.09. The van der Waals surface area contributed by atoms with E-state index in [1.807, 2.05) is 6.07 Å². The molecule has 0 saturated carbocycles. The van der Waals surface area contributed by atoms with Gasteiger partial charge in [0.1, 0.15) is 0 Å². The van der Waals surface area contributed by atoms with E-state index in [1.165, 1.54) is 30.5 Å². The molecule has 2 aromatic rings. The second-order valence-electron chi connectivity index (χ2n) is 9.79. The van der Waals surface area contributed by atoms with Crippen molar-refractivity contribution in [2.45, 2.75) is 51.0 Å². The molecule has 3 aliphatic rings. The van der Waals surface area contributed by atoms with Gasteiger partial charge in [-0.15, -0.1) is 0 Å². The summed E-state index contributed by atoms with van der Waals surface area (Å²) in [4.78, 5) is 5.17. The number of aliphatic hydroxyl groups is 1. The predicted molar refractivity (Wildman–Crippen MR) is 128 cm³/mol. The van der Waals surface area contributed by atoms with Gasteiger partial charge >= 0.3 is 0 Å². The minimum absolute atomic E-state index is 0.123. The van der Waals surface area contributed by atoms with Crippen LogP contribution in [0.1, 0.15) is 44.1 Å². The molecule has 0 unspecified atom stereocenters. The number of likely N-dealkylation sites (tertiary alicyclic amines) is 1. The zero-order valence-corrected chi connectivity index (χ0v) is 19.0. The largest absolute Gasteiger partial charge is 0.454 e. The molecule has 0 aliphatic carbocycles. The predicted octanol–water partition coefficient (Wildman–Crippen LogP) is 4.48. The van der Waals surface area contributed by atoms with Crippen LogP contribution in [0.4, 0.5) is 5.69 Å². The van der Waals surface area contributed by atoms with Gasteiger partial charge in [0, 0.05) is 37.5 Å². The lowest BCUT2D eigenvalue weighted by atomic mass is 9.74. The third kappa shape index (κ3) is 4.74. The number of hydrogen-bond donors (Lipinski definition) is 1. The van der Waals surface area contributed by atoms with E-state index >= 15 is 0 Å². The van der Waals surface area contributed by atoms with Gasteiger partial charge in [0.2, 0.25) is 6.79 Å². The van der Waals surface area contributed by atoms with Gasteiger partial charge in [-0.3, -0.25) is 0 Å². The molecule has 0 spiro atoms. The van der Waals surface area contributed by atoms with E-state index in [2.05, 4.69) is 52.3 Å². The van der Waals surface area contributed by atoms with Crippen molar-refractivity contribution < 1.29 is 14.6 Å². The van der Waals surface area contributed by atoms with Crippen LogP contribution in [-0.2, 0) is 6.42 Å². The molecule has 2 aromatic carbocycles. The zero-order valence-electron chi connectivity index (χ0n) is 19.0. The second-order valence-corrected chi connectivity index (χ2v) is 9.79. The Hall–Kier alpha value is -2.24. The molecule has 0 bridgehead atoms. The highest BCUT2D eigenvalue weighted by Gasteiger charge is 2.36. The van der Waals surface area contributed by atoms with Crippen LogP contribution in [0.15, 0.2) is 48.5 Å². The third-order valence-electron chi connectivity index (χ3n) is 7.91. The monoisotopic (exact) mass is 436 g/mol. The van der Waals surface area contributed by atoms with Crippen LogP contribution in [0.3, 0.4) is 0 Å². The molecule has 2 fully saturated rings. The molecule has 5 heteroatoms. The normalized spacial score (nSPS) is 21.1. The van der Waals surface area contributed by atoms with Crippen LogP contribution in [0.2, 0.25) is 0 Å². The summed E-state index contributed by atoms with van der Waals surface area (Å²) in [6, 6.07) is 17.7. The summed E-state index contributed by atoms with van der Waals surface area (Å²) in [6.45, 7) is 5.09. The number of benzene rings is 2. The SMILES string of the molecule is OCC1(CCCc2ccccc2)CCN(C2CCN(c3ccc4c(c3)OCO4)CC2)CC1. The Kier molecular flexibility index (Phi) is 6.56. The molecule has 5 rings (SSSR count). The maximum Gasteiger partial charge on any atom is 0.231 e. The van der Waals surface area contributed by atoms with E-state index in [4.69, 9.17) is 9.47 Å². The maximum atomic E-state index is 10.2. The van der Waals surface area contributed by atoms with Crippen LogP contribution in [0.25, 0.3) is 0 Å². The third-order valence-corrected chi connectivity index (χ3v) is 7.91. The molecule has 0 radical (unpaired) electrons. The molecule has 32 heavy (non-hydrogen) atoms. The minimum Gasteiger partial charge on any atom is -0.454 e. The van der Waals surface area contributed by atoms with Crippen LogP contribution in [-0.4, -0.2) is 55.6 Å². The van der Waals surface area contributed by atoms with Crippen molar-refractivity contribution in [1.82, 2.24) is 4.90 Å². The fourth-order valence-corrected chi connectivity index (χ4v) is 5.73. The minimum atomic E-state index is 0.123. The van der Waals surface area contributed by atoms with Gasteiger partial charge in [-0.25, -0.2) is 0 Å². The molecule has 1 N–H and O–H groups in total. The van der Waals surface area contributed by atoms with Crippen molar-refractivity contribution in [3.05, 3.63) is 54.1 Å². The molecule has 3 heterocycles. The topological polar surface area (TPSA) is 45.2 Å². The first-order valence-corrected chi connectivity index (χ1v) is 12.3. The average Bonchev–Trinajstić information content (AvgIpc) is 3.33. The van der Waals surface area contributed by atoms with Crippen molar-refractivity contribution >= 4 is 5.69 Å². The van der Waals surface area contributed by atoms with Gasteiger partial charge in [0.05, 0.1) is 0 Å². The number of hydrogen-bond acceptors (Lipinski definition) is 5. The molecular weight excluding hydrogens is 400 g/mol. The van der Waals surface area contributed by atoms with Crippen LogP contribution < -0.4 is 14.4 Å². The Labute approximate surface area is 191 Å². The summed E-state index contributed by atoms with van der Waals surface area (Å²) in [6.07, 6.45) is 8.07. The summed E-state index contributed by atoms with van der Waals surface area (Å²) in [5.74, 6) is 1.72. The molecule has 3 aliphatic heterocycles.